The van der Waals surface area contributed by atoms with Crippen molar-refractivity contribution in [1.29, 1.82) is 0 Å². The molecular weight excluding hydrogens is 223 g/mol. The minimum Gasteiger partial charge on any atom is -0.396 e. The molecule has 3 atom stereocenters. The van der Waals surface area contributed by atoms with Crippen LogP contribution in [0.25, 0.3) is 0 Å². The van der Waals surface area contributed by atoms with Crippen molar-refractivity contribution >= 4 is 0 Å². The number of hydrogen-bond donors (Lipinski definition) is 3. The predicted octanol–water partition coefficient (Wildman–Crippen LogP) is 1.05. The molecule has 3 nitrogen and oxygen atoms in total. The van der Waals surface area contributed by atoms with E-state index in [0.29, 0.717) is 0 Å². The van der Waals surface area contributed by atoms with Crippen LogP contribution in [0.15, 0.2) is 0 Å². The quantitative estimate of drug-likeness (QED) is 0.689. The van der Waals surface area contributed by atoms with Crippen molar-refractivity contribution in [2.24, 2.45) is 5.41 Å². The number of hydrogen-bond acceptors (Lipinski definition) is 3. The van der Waals surface area contributed by atoms with Crippen LogP contribution < -0.4 is 5.32 Å². The minimum absolute atomic E-state index is 0.0488. The molecule has 0 unspecified atom stereocenters. The molecule has 6 heteroatoms. The van der Waals surface area contributed by atoms with E-state index in [1.807, 2.05) is 6.92 Å². The van der Waals surface area contributed by atoms with Gasteiger partial charge in [-0.05, 0) is 12.8 Å². The van der Waals surface area contributed by atoms with Crippen LogP contribution in [0.1, 0.15) is 26.2 Å². The largest absolute Gasteiger partial charge is 0.415 e. The molecule has 0 aliphatic heterocycles. The lowest BCUT2D eigenvalue weighted by atomic mass is 9.86. The molecule has 96 valence electrons. The van der Waals surface area contributed by atoms with Gasteiger partial charge in [0.25, 0.3) is 0 Å². The fourth-order valence-corrected chi connectivity index (χ4v) is 2.14. The zero-order valence-corrected chi connectivity index (χ0v) is 9.22. The maximum atomic E-state index is 12.1. The van der Waals surface area contributed by atoms with E-state index in [0.717, 1.165) is 19.3 Å². The van der Waals surface area contributed by atoms with Gasteiger partial charge in [0, 0.05) is 24.6 Å². The Morgan fingerprint density at radius 1 is 1.50 bits per heavy atom. The molecule has 0 radical (unpaired) electrons. The smallest absolute Gasteiger partial charge is 0.396 e. The van der Waals surface area contributed by atoms with E-state index < -0.39 is 18.8 Å². The van der Waals surface area contributed by atoms with Crippen molar-refractivity contribution in [3.63, 3.8) is 0 Å². The van der Waals surface area contributed by atoms with Gasteiger partial charge in [-0.25, -0.2) is 0 Å². The van der Waals surface area contributed by atoms with Crippen molar-refractivity contribution in [2.45, 2.75) is 44.5 Å². The standard InChI is InChI=1S/C10H18F3NO2/c1-9(6-15)4-2-3-7(9)14-5-8(16)10(11,12)13/h7-8,14-16H,2-6H2,1H3/t7-,8-,9+/m0/s1. The highest BCUT2D eigenvalue weighted by Crippen LogP contribution is 2.37. The zero-order valence-electron chi connectivity index (χ0n) is 9.22. The van der Waals surface area contributed by atoms with E-state index in [4.69, 9.17) is 5.11 Å². The monoisotopic (exact) mass is 241 g/mol. The van der Waals surface area contributed by atoms with Crippen LogP contribution in [0.2, 0.25) is 0 Å². The molecule has 0 aromatic rings. The lowest BCUT2D eigenvalue weighted by Gasteiger charge is -2.31. The highest BCUT2D eigenvalue weighted by atomic mass is 19.4. The van der Waals surface area contributed by atoms with Gasteiger partial charge >= 0.3 is 6.18 Å². The first kappa shape index (κ1) is 13.7. The second-order valence-electron chi connectivity index (χ2n) is 4.72. The summed E-state index contributed by atoms with van der Waals surface area (Å²) in [7, 11) is 0. The van der Waals surface area contributed by atoms with Gasteiger partial charge < -0.3 is 15.5 Å². The summed E-state index contributed by atoms with van der Waals surface area (Å²) in [6.07, 6.45) is -4.50. The van der Waals surface area contributed by atoms with Crippen LogP contribution in [0.3, 0.4) is 0 Å². The van der Waals surface area contributed by atoms with Crippen molar-refractivity contribution in [1.82, 2.24) is 5.32 Å². The summed E-state index contributed by atoms with van der Waals surface area (Å²) in [5.41, 5.74) is -0.370. The van der Waals surface area contributed by atoms with Gasteiger partial charge in [-0.2, -0.15) is 13.2 Å². The van der Waals surface area contributed by atoms with Gasteiger partial charge in [0.1, 0.15) is 0 Å². The first-order valence-electron chi connectivity index (χ1n) is 5.38. The lowest BCUT2D eigenvalue weighted by Crippen LogP contribution is -2.47. The van der Waals surface area contributed by atoms with Crippen LogP contribution >= 0.6 is 0 Å². The summed E-state index contributed by atoms with van der Waals surface area (Å²) in [5.74, 6) is 0. The molecule has 0 spiro atoms. The molecule has 3 N–H and O–H groups in total. The van der Waals surface area contributed by atoms with E-state index in [-0.39, 0.29) is 18.1 Å². The molecule has 1 aliphatic carbocycles. The molecule has 0 amide bonds. The van der Waals surface area contributed by atoms with E-state index in [9.17, 15) is 18.3 Å². The van der Waals surface area contributed by atoms with Crippen molar-refractivity contribution in [3.8, 4) is 0 Å². The van der Waals surface area contributed by atoms with E-state index >= 15 is 0 Å². The van der Waals surface area contributed by atoms with Crippen molar-refractivity contribution in [2.75, 3.05) is 13.2 Å². The minimum atomic E-state index is -4.58. The number of alkyl halides is 3. The number of aliphatic hydroxyl groups excluding tert-OH is 2. The Balaban J connectivity index is 2.44. The van der Waals surface area contributed by atoms with E-state index in [1.165, 1.54) is 0 Å². The molecule has 16 heavy (non-hydrogen) atoms. The van der Waals surface area contributed by atoms with Gasteiger partial charge in [0.05, 0.1) is 0 Å². The molecule has 0 bridgehead atoms. The van der Waals surface area contributed by atoms with Crippen LogP contribution in [0.4, 0.5) is 13.2 Å². The zero-order chi connectivity index (χ0) is 12.4. The summed E-state index contributed by atoms with van der Waals surface area (Å²) in [6, 6.07) is -0.158. The van der Waals surface area contributed by atoms with Crippen molar-refractivity contribution < 1.29 is 23.4 Å². The first-order chi connectivity index (χ1) is 7.29. The molecule has 1 fully saturated rings. The fraction of sp³-hybridized carbons (Fsp3) is 1.00. The van der Waals surface area contributed by atoms with Crippen molar-refractivity contribution in [3.05, 3.63) is 0 Å². The SMILES string of the molecule is C[C@]1(CO)CCC[C@@H]1NC[C@H](O)C(F)(F)F. The molecule has 1 aliphatic rings. The van der Waals surface area contributed by atoms with Gasteiger partial charge in [-0.15, -0.1) is 0 Å². The highest BCUT2D eigenvalue weighted by Gasteiger charge is 2.41. The van der Waals surface area contributed by atoms with E-state index in [2.05, 4.69) is 5.32 Å². The van der Waals surface area contributed by atoms with Gasteiger partial charge in [-0.1, -0.05) is 13.3 Å². The van der Waals surface area contributed by atoms with Gasteiger partial charge in [0.2, 0.25) is 0 Å². The summed E-state index contributed by atoms with van der Waals surface area (Å²) in [6.45, 7) is 1.29. The Hall–Kier alpha value is -0.330. The Morgan fingerprint density at radius 3 is 2.62 bits per heavy atom. The molecule has 1 rings (SSSR count). The van der Waals surface area contributed by atoms with Crippen LogP contribution in [-0.2, 0) is 0 Å². The summed E-state index contributed by atoms with van der Waals surface area (Å²) < 4.78 is 36.2. The number of halogens is 3. The number of aliphatic hydroxyl groups is 2. The molecule has 0 saturated heterocycles. The predicted molar refractivity (Wildman–Crippen MR) is 52.9 cm³/mol. The molecular formula is C10H18F3NO2. The number of rotatable bonds is 4. The Kier molecular flexibility index (Phi) is 4.20. The average Bonchev–Trinajstić information content (AvgIpc) is 2.56. The summed E-state index contributed by atoms with van der Waals surface area (Å²) >= 11 is 0. The third kappa shape index (κ3) is 3.09. The topological polar surface area (TPSA) is 52.5 Å². The van der Waals surface area contributed by atoms with Gasteiger partial charge in [-0.3, -0.25) is 0 Å². The normalized spacial score (nSPS) is 33.0. The maximum Gasteiger partial charge on any atom is 0.415 e. The third-order valence-corrected chi connectivity index (χ3v) is 3.38. The number of nitrogens with one attached hydrogen (secondary N) is 1. The maximum absolute atomic E-state index is 12.1. The van der Waals surface area contributed by atoms with Crippen LogP contribution in [-0.4, -0.2) is 41.7 Å². The molecule has 0 aromatic heterocycles. The Bertz CT molecular complexity index is 235. The fourth-order valence-electron chi connectivity index (χ4n) is 2.14. The summed E-state index contributed by atoms with van der Waals surface area (Å²) in [4.78, 5) is 0. The second-order valence-corrected chi connectivity index (χ2v) is 4.72. The third-order valence-electron chi connectivity index (χ3n) is 3.38. The van der Waals surface area contributed by atoms with E-state index in [1.54, 1.807) is 0 Å². The highest BCUT2D eigenvalue weighted by molar-refractivity contribution is 4.93. The lowest BCUT2D eigenvalue weighted by molar-refractivity contribution is -0.202. The molecule has 0 aromatic carbocycles. The van der Waals surface area contributed by atoms with Crippen LogP contribution in [0, 0.1) is 5.41 Å². The molecule has 0 heterocycles. The van der Waals surface area contributed by atoms with Gasteiger partial charge in [0.15, 0.2) is 6.10 Å². The van der Waals surface area contributed by atoms with Crippen LogP contribution in [0.5, 0.6) is 0 Å². The first-order valence-corrected chi connectivity index (χ1v) is 5.38. The average molecular weight is 241 g/mol. The Morgan fingerprint density at radius 2 is 2.12 bits per heavy atom. The Labute approximate surface area is 92.7 Å². The molecule has 1 saturated carbocycles. The second kappa shape index (κ2) is 4.89. The summed E-state index contributed by atoms with van der Waals surface area (Å²) in [5, 5.41) is 20.7.